The lowest BCUT2D eigenvalue weighted by molar-refractivity contribution is -0.121. The molecular weight excluding hydrogens is 252 g/mol. The number of nitrogens with one attached hydrogen (secondary N) is 1. The van der Waals surface area contributed by atoms with Crippen molar-refractivity contribution in [3.63, 3.8) is 0 Å². The Hall–Kier alpha value is -1.72. The molecule has 1 saturated heterocycles. The van der Waals surface area contributed by atoms with Gasteiger partial charge in [0.25, 0.3) is 0 Å². The van der Waals surface area contributed by atoms with Crippen LogP contribution in [0.3, 0.4) is 0 Å². The second kappa shape index (κ2) is 7.77. The van der Waals surface area contributed by atoms with Gasteiger partial charge in [0, 0.05) is 39.1 Å². The number of hydrazone groups is 1. The van der Waals surface area contributed by atoms with E-state index in [1.54, 1.807) is 6.21 Å². The highest BCUT2D eigenvalue weighted by Crippen LogP contribution is 2.00. The van der Waals surface area contributed by atoms with E-state index in [9.17, 15) is 4.79 Å². The smallest absolute Gasteiger partial charge is 0.241 e. The van der Waals surface area contributed by atoms with Crippen molar-refractivity contribution in [1.82, 2.24) is 15.2 Å². The van der Waals surface area contributed by atoms with Crippen molar-refractivity contribution in [2.24, 2.45) is 5.10 Å². The lowest BCUT2D eigenvalue weighted by atomic mass is 10.2. The third-order valence-corrected chi connectivity index (χ3v) is 3.45. The quantitative estimate of drug-likeness (QED) is 0.637. The maximum absolute atomic E-state index is 11.7. The molecule has 1 amide bonds. The summed E-state index contributed by atoms with van der Waals surface area (Å²) in [5.74, 6) is -0.0314. The van der Waals surface area contributed by atoms with Gasteiger partial charge in [0.2, 0.25) is 5.91 Å². The van der Waals surface area contributed by atoms with Crippen molar-refractivity contribution in [3.05, 3.63) is 35.9 Å². The van der Waals surface area contributed by atoms with Crippen molar-refractivity contribution in [2.45, 2.75) is 6.42 Å². The van der Waals surface area contributed by atoms with Crippen LogP contribution in [-0.2, 0) is 4.79 Å². The first kappa shape index (κ1) is 14.7. The minimum absolute atomic E-state index is 0.0314. The van der Waals surface area contributed by atoms with Crippen LogP contribution >= 0.6 is 0 Å². The van der Waals surface area contributed by atoms with E-state index in [2.05, 4.69) is 27.4 Å². The number of likely N-dealkylation sites (N-methyl/N-ethyl adjacent to an activating group) is 1. The Bertz CT molecular complexity index is 438. The lowest BCUT2D eigenvalue weighted by Crippen LogP contribution is -2.45. The number of hydrogen-bond donors (Lipinski definition) is 1. The largest absolute Gasteiger partial charge is 0.304 e. The van der Waals surface area contributed by atoms with Gasteiger partial charge in [0.15, 0.2) is 0 Å². The topological polar surface area (TPSA) is 47.9 Å². The van der Waals surface area contributed by atoms with Crippen LogP contribution in [0.1, 0.15) is 12.0 Å². The van der Waals surface area contributed by atoms with Crippen LogP contribution in [0.5, 0.6) is 0 Å². The van der Waals surface area contributed by atoms with Gasteiger partial charge in [-0.2, -0.15) is 5.10 Å². The molecule has 0 unspecified atom stereocenters. The summed E-state index contributed by atoms with van der Waals surface area (Å²) in [6, 6.07) is 9.72. The second-order valence-electron chi connectivity index (χ2n) is 5.10. The summed E-state index contributed by atoms with van der Waals surface area (Å²) in [5, 5.41) is 3.97. The average Bonchev–Trinajstić information content (AvgIpc) is 2.48. The van der Waals surface area contributed by atoms with Gasteiger partial charge < -0.3 is 9.80 Å². The van der Waals surface area contributed by atoms with Gasteiger partial charge in [0.1, 0.15) is 0 Å². The van der Waals surface area contributed by atoms with Crippen LogP contribution in [0.2, 0.25) is 0 Å². The molecule has 1 aliphatic rings. The lowest BCUT2D eigenvalue weighted by Gasteiger charge is -2.32. The van der Waals surface area contributed by atoms with E-state index in [-0.39, 0.29) is 5.91 Å². The summed E-state index contributed by atoms with van der Waals surface area (Å²) in [5.41, 5.74) is 3.55. The molecule has 0 aromatic heterocycles. The van der Waals surface area contributed by atoms with Crippen LogP contribution in [0.25, 0.3) is 0 Å². The Morgan fingerprint density at radius 1 is 1.25 bits per heavy atom. The van der Waals surface area contributed by atoms with Gasteiger partial charge in [-0.05, 0) is 12.6 Å². The van der Waals surface area contributed by atoms with E-state index in [4.69, 9.17) is 0 Å². The highest BCUT2D eigenvalue weighted by molar-refractivity contribution is 5.82. The average molecular weight is 274 g/mol. The number of nitrogens with zero attached hydrogens (tertiary/aromatic N) is 3. The minimum Gasteiger partial charge on any atom is -0.304 e. The van der Waals surface area contributed by atoms with Crippen LogP contribution in [0.4, 0.5) is 0 Å². The molecule has 0 radical (unpaired) electrons. The molecule has 2 rings (SSSR count). The maximum atomic E-state index is 11.7. The van der Waals surface area contributed by atoms with Crippen molar-refractivity contribution in [2.75, 3.05) is 39.8 Å². The molecule has 1 N–H and O–H groups in total. The molecule has 5 heteroatoms. The van der Waals surface area contributed by atoms with Gasteiger partial charge >= 0.3 is 0 Å². The standard InChI is InChI=1S/C15H22N4O/c1-18-9-11-19(12-10-18)8-7-15(20)17-16-13-14-5-3-2-4-6-14/h2-6,13H,7-12H2,1H3,(H,17,20)/b16-13-. The molecule has 0 bridgehead atoms. The molecular formula is C15H22N4O. The van der Waals surface area contributed by atoms with E-state index < -0.39 is 0 Å². The van der Waals surface area contributed by atoms with Gasteiger partial charge in [0.05, 0.1) is 6.21 Å². The number of carbonyl (C=O) groups is 1. The Morgan fingerprint density at radius 2 is 1.95 bits per heavy atom. The SMILES string of the molecule is CN1CCN(CCC(=O)N/N=C\c2ccccc2)CC1. The molecule has 1 fully saturated rings. The predicted octanol–water partition coefficient (Wildman–Crippen LogP) is 0.774. The normalized spacial score (nSPS) is 17.4. The van der Waals surface area contributed by atoms with Gasteiger partial charge in [-0.25, -0.2) is 5.43 Å². The molecule has 108 valence electrons. The molecule has 1 aliphatic heterocycles. The molecule has 1 aromatic rings. The zero-order valence-corrected chi connectivity index (χ0v) is 12.0. The zero-order valence-electron chi connectivity index (χ0n) is 12.0. The first-order valence-corrected chi connectivity index (χ1v) is 7.02. The maximum Gasteiger partial charge on any atom is 0.241 e. The number of rotatable bonds is 5. The molecule has 20 heavy (non-hydrogen) atoms. The van der Waals surface area contributed by atoms with E-state index in [1.807, 2.05) is 30.3 Å². The number of piperazine rings is 1. The Balaban J connectivity index is 1.64. The Kier molecular flexibility index (Phi) is 5.70. The molecule has 1 aromatic carbocycles. The molecule has 0 saturated carbocycles. The summed E-state index contributed by atoms with van der Waals surface area (Å²) in [6.45, 7) is 5.04. The summed E-state index contributed by atoms with van der Waals surface area (Å²) in [6.07, 6.45) is 2.16. The fourth-order valence-corrected chi connectivity index (χ4v) is 2.10. The summed E-state index contributed by atoms with van der Waals surface area (Å²) in [4.78, 5) is 16.3. The number of benzene rings is 1. The highest BCUT2D eigenvalue weighted by Gasteiger charge is 2.14. The third kappa shape index (κ3) is 5.11. The van der Waals surface area contributed by atoms with E-state index in [0.29, 0.717) is 6.42 Å². The minimum atomic E-state index is -0.0314. The summed E-state index contributed by atoms with van der Waals surface area (Å²) < 4.78 is 0. The van der Waals surface area contributed by atoms with Crippen molar-refractivity contribution < 1.29 is 4.79 Å². The molecule has 0 atom stereocenters. The Morgan fingerprint density at radius 3 is 2.65 bits per heavy atom. The number of carbonyl (C=O) groups excluding carboxylic acids is 1. The summed E-state index contributed by atoms with van der Waals surface area (Å²) >= 11 is 0. The molecule has 0 spiro atoms. The van der Waals surface area contributed by atoms with Gasteiger partial charge in [-0.3, -0.25) is 4.79 Å². The third-order valence-electron chi connectivity index (χ3n) is 3.45. The number of hydrogen-bond acceptors (Lipinski definition) is 4. The fraction of sp³-hybridized carbons (Fsp3) is 0.467. The monoisotopic (exact) mass is 274 g/mol. The molecule has 1 heterocycles. The van der Waals surface area contributed by atoms with Crippen LogP contribution in [-0.4, -0.2) is 61.7 Å². The van der Waals surface area contributed by atoms with Crippen molar-refractivity contribution in [3.8, 4) is 0 Å². The fourth-order valence-electron chi connectivity index (χ4n) is 2.10. The first-order chi connectivity index (χ1) is 9.74. The zero-order chi connectivity index (χ0) is 14.2. The second-order valence-corrected chi connectivity index (χ2v) is 5.10. The van der Waals surface area contributed by atoms with Gasteiger partial charge in [-0.15, -0.1) is 0 Å². The van der Waals surface area contributed by atoms with Crippen LogP contribution in [0.15, 0.2) is 35.4 Å². The van der Waals surface area contributed by atoms with E-state index in [0.717, 1.165) is 38.3 Å². The van der Waals surface area contributed by atoms with Gasteiger partial charge in [-0.1, -0.05) is 30.3 Å². The predicted molar refractivity (Wildman–Crippen MR) is 80.7 cm³/mol. The molecule has 5 nitrogen and oxygen atoms in total. The van der Waals surface area contributed by atoms with Crippen LogP contribution in [0, 0.1) is 0 Å². The van der Waals surface area contributed by atoms with Crippen molar-refractivity contribution in [1.29, 1.82) is 0 Å². The Labute approximate surface area is 120 Å². The van der Waals surface area contributed by atoms with Crippen LogP contribution < -0.4 is 5.43 Å². The van der Waals surface area contributed by atoms with E-state index in [1.165, 1.54) is 0 Å². The summed E-state index contributed by atoms with van der Waals surface area (Å²) in [7, 11) is 2.13. The first-order valence-electron chi connectivity index (χ1n) is 7.02. The highest BCUT2D eigenvalue weighted by atomic mass is 16.2. The van der Waals surface area contributed by atoms with E-state index >= 15 is 0 Å². The molecule has 0 aliphatic carbocycles. The van der Waals surface area contributed by atoms with Crippen molar-refractivity contribution >= 4 is 12.1 Å². The number of amides is 1.